The summed E-state index contributed by atoms with van der Waals surface area (Å²) in [4.78, 5) is 12.0. The molecule has 1 nitrogen and oxygen atoms in total. The molecule has 14 heavy (non-hydrogen) atoms. The molecule has 0 atom stereocenters. The van der Waals surface area contributed by atoms with Crippen molar-refractivity contribution in [3.8, 4) is 0 Å². The van der Waals surface area contributed by atoms with Crippen molar-refractivity contribution in [1.82, 2.24) is 0 Å². The molecule has 0 aromatic heterocycles. The zero-order valence-corrected chi connectivity index (χ0v) is 12.0. The van der Waals surface area contributed by atoms with Crippen molar-refractivity contribution in [2.75, 3.05) is 6.26 Å². The Kier molecular flexibility index (Phi) is 4.20. The highest BCUT2D eigenvalue weighted by Crippen LogP contribution is 2.50. The molecule has 0 rings (SSSR count). The maximum atomic E-state index is 12.0. The molecular formula is C11H22OS2. The van der Waals surface area contributed by atoms with Crippen LogP contribution in [0.1, 0.15) is 41.5 Å². The van der Waals surface area contributed by atoms with E-state index < -0.39 is 4.75 Å². The molecular weight excluding hydrogens is 212 g/mol. The molecule has 0 aliphatic carbocycles. The van der Waals surface area contributed by atoms with Crippen molar-refractivity contribution in [3.05, 3.63) is 0 Å². The molecule has 0 aliphatic rings. The molecule has 0 spiro atoms. The lowest BCUT2D eigenvalue weighted by molar-refractivity contribution is -0.118. The number of hydrogen-bond acceptors (Lipinski definition) is 3. The highest BCUT2D eigenvalue weighted by Gasteiger charge is 2.53. The van der Waals surface area contributed by atoms with Gasteiger partial charge in [-0.3, -0.25) is 4.79 Å². The molecule has 0 bridgehead atoms. The summed E-state index contributed by atoms with van der Waals surface area (Å²) in [5, 5.41) is 0.154. The quantitative estimate of drug-likeness (QED) is 0.698. The van der Waals surface area contributed by atoms with E-state index in [2.05, 4.69) is 54.2 Å². The lowest BCUT2D eigenvalue weighted by Gasteiger charge is -2.48. The van der Waals surface area contributed by atoms with E-state index >= 15 is 0 Å². The van der Waals surface area contributed by atoms with E-state index in [1.54, 1.807) is 0 Å². The van der Waals surface area contributed by atoms with Crippen molar-refractivity contribution in [2.24, 2.45) is 10.8 Å². The number of carbonyl (C=O) groups is 1. The van der Waals surface area contributed by atoms with Gasteiger partial charge in [0.05, 0.1) is 4.75 Å². The normalized spacial score (nSPS) is 14.3. The van der Waals surface area contributed by atoms with Crippen LogP contribution < -0.4 is 0 Å². The third kappa shape index (κ3) is 2.30. The lowest BCUT2D eigenvalue weighted by atomic mass is 9.66. The van der Waals surface area contributed by atoms with Crippen LogP contribution >= 0.6 is 24.4 Å². The van der Waals surface area contributed by atoms with Gasteiger partial charge in [0.2, 0.25) is 5.12 Å². The fraction of sp³-hybridized carbons (Fsp3) is 0.909. The Morgan fingerprint density at radius 1 is 1.00 bits per heavy atom. The molecule has 3 heteroatoms. The van der Waals surface area contributed by atoms with Crippen LogP contribution in [0.15, 0.2) is 0 Å². The molecule has 0 aromatic rings. The SMILES string of the molecule is CSC(=O)C(S)(C(C)(C)C)C(C)(C)C. The summed E-state index contributed by atoms with van der Waals surface area (Å²) < 4.78 is -0.598. The number of thioether (sulfide) groups is 1. The Labute approximate surface area is 97.8 Å². The maximum absolute atomic E-state index is 12.0. The van der Waals surface area contributed by atoms with E-state index in [0.717, 1.165) is 0 Å². The molecule has 0 heterocycles. The summed E-state index contributed by atoms with van der Waals surface area (Å²) in [7, 11) is 0. The smallest absolute Gasteiger partial charge is 0.205 e. The number of hydrogen-bond donors (Lipinski definition) is 1. The van der Waals surface area contributed by atoms with Gasteiger partial charge in [0, 0.05) is 0 Å². The van der Waals surface area contributed by atoms with Crippen LogP contribution in [0, 0.1) is 10.8 Å². The fourth-order valence-electron chi connectivity index (χ4n) is 1.89. The first kappa shape index (κ1) is 14.4. The van der Waals surface area contributed by atoms with Gasteiger partial charge in [-0.1, -0.05) is 53.3 Å². The summed E-state index contributed by atoms with van der Waals surface area (Å²) in [5.41, 5.74) is -0.289. The standard InChI is InChI=1S/C11H22OS2/c1-9(2,3)11(13,8(12)14-7)10(4,5)6/h13H,1-7H3. The van der Waals surface area contributed by atoms with Gasteiger partial charge in [0.1, 0.15) is 0 Å². The summed E-state index contributed by atoms with van der Waals surface area (Å²) in [5.74, 6) is 0. The van der Waals surface area contributed by atoms with Crippen LogP contribution in [0.5, 0.6) is 0 Å². The van der Waals surface area contributed by atoms with Crippen LogP contribution in [0.3, 0.4) is 0 Å². The molecule has 0 aromatic carbocycles. The predicted octanol–water partition coefficient (Wildman–Crippen LogP) is 3.64. The second-order valence-electron chi connectivity index (χ2n) is 5.70. The van der Waals surface area contributed by atoms with Crippen LogP contribution in [0.25, 0.3) is 0 Å². The fourth-order valence-corrected chi connectivity index (χ4v) is 3.07. The van der Waals surface area contributed by atoms with Gasteiger partial charge in [-0.2, -0.15) is 12.6 Å². The second-order valence-corrected chi connectivity index (χ2v) is 7.15. The van der Waals surface area contributed by atoms with Gasteiger partial charge in [-0.25, -0.2) is 0 Å². The van der Waals surface area contributed by atoms with Crippen molar-refractivity contribution in [2.45, 2.75) is 46.3 Å². The molecule has 0 amide bonds. The molecule has 0 saturated heterocycles. The molecule has 0 unspecified atom stereocenters. The van der Waals surface area contributed by atoms with Gasteiger partial charge >= 0.3 is 0 Å². The zero-order valence-electron chi connectivity index (χ0n) is 10.3. The number of rotatable bonds is 1. The summed E-state index contributed by atoms with van der Waals surface area (Å²) in [6, 6.07) is 0. The molecule has 0 radical (unpaired) electrons. The van der Waals surface area contributed by atoms with Crippen molar-refractivity contribution in [1.29, 1.82) is 0 Å². The maximum Gasteiger partial charge on any atom is 0.205 e. The second kappa shape index (κ2) is 4.09. The van der Waals surface area contributed by atoms with E-state index in [4.69, 9.17) is 0 Å². The highest BCUT2D eigenvalue weighted by atomic mass is 32.2. The third-order valence-corrected chi connectivity index (χ3v) is 5.02. The highest BCUT2D eigenvalue weighted by molar-refractivity contribution is 8.14. The predicted molar refractivity (Wildman–Crippen MR) is 69.1 cm³/mol. The van der Waals surface area contributed by atoms with Gasteiger partial charge < -0.3 is 0 Å². The average molecular weight is 234 g/mol. The minimum Gasteiger partial charge on any atom is -0.286 e. The van der Waals surface area contributed by atoms with Crippen LogP contribution in [-0.4, -0.2) is 16.1 Å². The third-order valence-electron chi connectivity index (χ3n) is 2.65. The van der Waals surface area contributed by atoms with Crippen LogP contribution in [0.2, 0.25) is 0 Å². The molecule has 84 valence electrons. The summed E-state index contributed by atoms with van der Waals surface area (Å²) in [6.45, 7) is 12.4. The Balaban J connectivity index is 5.40. The Morgan fingerprint density at radius 2 is 1.29 bits per heavy atom. The van der Waals surface area contributed by atoms with Crippen LogP contribution in [0.4, 0.5) is 0 Å². The largest absolute Gasteiger partial charge is 0.286 e. The van der Waals surface area contributed by atoms with E-state index in [1.165, 1.54) is 11.8 Å². The number of carbonyl (C=O) groups excluding carboxylic acids is 1. The first-order valence-corrected chi connectivity index (χ1v) is 6.46. The lowest BCUT2D eigenvalue weighted by Crippen LogP contribution is -2.53. The number of thiol groups is 1. The molecule has 0 fully saturated rings. The van der Waals surface area contributed by atoms with E-state index in [0.29, 0.717) is 0 Å². The minimum atomic E-state index is -0.598. The van der Waals surface area contributed by atoms with Gasteiger partial charge in [-0.15, -0.1) is 0 Å². The Morgan fingerprint density at radius 3 is 1.36 bits per heavy atom. The topological polar surface area (TPSA) is 17.1 Å². The van der Waals surface area contributed by atoms with Crippen molar-refractivity contribution in [3.63, 3.8) is 0 Å². The van der Waals surface area contributed by atoms with Gasteiger partial charge in [-0.05, 0) is 17.1 Å². The van der Waals surface area contributed by atoms with Crippen LogP contribution in [-0.2, 0) is 4.79 Å². The first-order valence-electron chi connectivity index (χ1n) is 4.79. The minimum absolute atomic E-state index is 0.144. The first-order chi connectivity index (χ1) is 5.98. The average Bonchev–Trinajstić information content (AvgIpc) is 1.97. The van der Waals surface area contributed by atoms with Crippen molar-refractivity contribution >= 4 is 29.5 Å². The monoisotopic (exact) mass is 234 g/mol. The summed E-state index contributed by atoms with van der Waals surface area (Å²) in [6.07, 6.45) is 1.82. The van der Waals surface area contributed by atoms with Gasteiger partial charge in [0.25, 0.3) is 0 Å². The molecule has 0 N–H and O–H groups in total. The zero-order chi connectivity index (χ0) is 11.8. The Hall–Kier alpha value is 0.370. The van der Waals surface area contributed by atoms with E-state index in [-0.39, 0.29) is 15.9 Å². The van der Waals surface area contributed by atoms with Crippen molar-refractivity contribution < 1.29 is 4.79 Å². The summed E-state index contributed by atoms with van der Waals surface area (Å²) >= 11 is 5.95. The van der Waals surface area contributed by atoms with E-state index in [9.17, 15) is 4.79 Å². The Bertz CT molecular complexity index is 206. The van der Waals surface area contributed by atoms with Gasteiger partial charge in [0.15, 0.2) is 0 Å². The molecule has 0 saturated carbocycles. The van der Waals surface area contributed by atoms with E-state index in [1.807, 2.05) is 6.26 Å². The molecule has 0 aliphatic heterocycles.